The number of benzene rings is 2. The van der Waals surface area contributed by atoms with Gasteiger partial charge in [0.15, 0.2) is 0 Å². The fourth-order valence-electron chi connectivity index (χ4n) is 2.32. The first-order valence-corrected chi connectivity index (χ1v) is 7.11. The molecule has 0 saturated heterocycles. The molecule has 2 aromatic carbocycles. The second kappa shape index (κ2) is 4.56. The first-order chi connectivity index (χ1) is 8.69. The van der Waals surface area contributed by atoms with Crippen molar-refractivity contribution >= 4 is 39.7 Å². The first kappa shape index (κ1) is 12.0. The van der Waals surface area contributed by atoms with Crippen LogP contribution in [0.1, 0.15) is 10.9 Å². The van der Waals surface area contributed by atoms with Crippen LogP contribution in [0.15, 0.2) is 54.6 Å². The highest BCUT2D eigenvalue weighted by Gasteiger charge is 2.33. The minimum atomic E-state index is -0.306. The van der Waals surface area contributed by atoms with Crippen LogP contribution >= 0.6 is 27.5 Å². The molecule has 0 heterocycles. The normalized spacial score (nSPS) is 17.4. The van der Waals surface area contributed by atoms with E-state index in [-0.39, 0.29) is 9.70 Å². The zero-order valence-electron chi connectivity index (χ0n) is 9.68. The Morgan fingerprint density at radius 2 is 1.33 bits per heavy atom. The molecule has 3 rings (SSSR count). The molecular weight excluding hydrogens is 308 g/mol. The van der Waals surface area contributed by atoms with Crippen LogP contribution in [0.3, 0.4) is 0 Å². The van der Waals surface area contributed by atoms with Gasteiger partial charge in [0.05, 0.1) is 9.70 Å². The molecule has 1 aliphatic carbocycles. The van der Waals surface area contributed by atoms with Gasteiger partial charge in [0.25, 0.3) is 0 Å². The molecule has 0 spiro atoms. The van der Waals surface area contributed by atoms with E-state index in [1.807, 2.05) is 30.3 Å². The number of fused-ring (bicyclic) bond motifs is 1. The molecule has 0 saturated carbocycles. The predicted molar refractivity (Wildman–Crippen MR) is 81.3 cm³/mol. The van der Waals surface area contributed by atoms with Gasteiger partial charge in [0, 0.05) is 0 Å². The van der Waals surface area contributed by atoms with E-state index >= 15 is 0 Å². The molecule has 0 aliphatic heterocycles. The second-order valence-electron chi connectivity index (χ2n) is 4.52. The Labute approximate surface area is 120 Å². The van der Waals surface area contributed by atoms with Crippen LogP contribution in [0.4, 0.5) is 0 Å². The smallest absolute Gasteiger partial charge is 0.0838 e. The SMILES string of the molecule is Cl[C@H](c1ccccc1)C1(Br)C=c2ccccc2=C1. The van der Waals surface area contributed by atoms with Gasteiger partial charge in [-0.25, -0.2) is 0 Å². The summed E-state index contributed by atoms with van der Waals surface area (Å²) >= 11 is 10.4. The van der Waals surface area contributed by atoms with Crippen molar-refractivity contribution in [2.45, 2.75) is 9.70 Å². The van der Waals surface area contributed by atoms with Crippen LogP contribution in [0.5, 0.6) is 0 Å². The Kier molecular flexibility index (Phi) is 3.04. The van der Waals surface area contributed by atoms with Gasteiger partial charge in [0.1, 0.15) is 0 Å². The Bertz CT molecular complexity index is 641. The molecule has 0 amide bonds. The number of alkyl halides is 2. The molecule has 0 fully saturated rings. The molecule has 0 unspecified atom stereocenters. The van der Waals surface area contributed by atoms with Crippen molar-refractivity contribution in [3.8, 4) is 0 Å². The van der Waals surface area contributed by atoms with Crippen LogP contribution < -0.4 is 10.4 Å². The Morgan fingerprint density at radius 1 is 0.833 bits per heavy atom. The lowest BCUT2D eigenvalue weighted by molar-refractivity contribution is 0.923. The van der Waals surface area contributed by atoms with Crippen LogP contribution in [0.25, 0.3) is 12.2 Å². The summed E-state index contributed by atoms with van der Waals surface area (Å²) in [5, 5.41) is 2.35. The van der Waals surface area contributed by atoms with E-state index in [1.54, 1.807) is 0 Å². The van der Waals surface area contributed by atoms with Gasteiger partial charge < -0.3 is 0 Å². The van der Waals surface area contributed by atoms with E-state index in [4.69, 9.17) is 11.6 Å². The van der Waals surface area contributed by atoms with E-state index in [0.717, 1.165) is 5.56 Å². The molecule has 18 heavy (non-hydrogen) atoms. The van der Waals surface area contributed by atoms with Gasteiger partial charge >= 0.3 is 0 Å². The third-order valence-electron chi connectivity index (χ3n) is 3.23. The van der Waals surface area contributed by atoms with Gasteiger partial charge in [-0.1, -0.05) is 82.7 Å². The zero-order chi connectivity index (χ0) is 12.6. The minimum absolute atomic E-state index is 0.119. The van der Waals surface area contributed by atoms with Crippen molar-refractivity contribution in [2.24, 2.45) is 0 Å². The van der Waals surface area contributed by atoms with E-state index in [9.17, 15) is 0 Å². The zero-order valence-corrected chi connectivity index (χ0v) is 12.0. The van der Waals surface area contributed by atoms with Crippen molar-refractivity contribution in [1.82, 2.24) is 0 Å². The molecule has 1 atom stereocenters. The van der Waals surface area contributed by atoms with Crippen molar-refractivity contribution < 1.29 is 0 Å². The lowest BCUT2D eigenvalue weighted by atomic mass is 9.99. The van der Waals surface area contributed by atoms with Crippen molar-refractivity contribution in [3.63, 3.8) is 0 Å². The van der Waals surface area contributed by atoms with E-state index in [1.165, 1.54) is 10.4 Å². The molecule has 0 N–H and O–H groups in total. The van der Waals surface area contributed by atoms with Gasteiger partial charge in [-0.3, -0.25) is 0 Å². The molecule has 0 radical (unpaired) electrons. The fraction of sp³-hybridized carbons (Fsp3) is 0.125. The molecule has 0 nitrogen and oxygen atoms in total. The highest BCUT2D eigenvalue weighted by molar-refractivity contribution is 9.10. The molecule has 0 aromatic heterocycles. The predicted octanol–water partition coefficient (Wildman–Crippen LogP) is 3.38. The maximum absolute atomic E-state index is 6.63. The molecule has 1 aliphatic rings. The summed E-state index contributed by atoms with van der Waals surface area (Å²) in [6.45, 7) is 0. The van der Waals surface area contributed by atoms with Crippen LogP contribution in [0, 0.1) is 0 Å². The third-order valence-corrected chi connectivity index (χ3v) is 5.02. The minimum Gasteiger partial charge on any atom is -0.116 e. The summed E-state index contributed by atoms with van der Waals surface area (Å²) in [7, 11) is 0. The summed E-state index contributed by atoms with van der Waals surface area (Å²) in [5.41, 5.74) is 1.12. The van der Waals surface area contributed by atoms with E-state index in [0.29, 0.717) is 0 Å². The summed E-state index contributed by atoms with van der Waals surface area (Å²) in [4.78, 5) is 0. The fourth-order valence-corrected chi connectivity index (χ4v) is 3.34. The lowest BCUT2D eigenvalue weighted by Crippen LogP contribution is -2.19. The first-order valence-electron chi connectivity index (χ1n) is 5.88. The van der Waals surface area contributed by atoms with Gasteiger partial charge in [-0.05, 0) is 16.0 Å². The van der Waals surface area contributed by atoms with Gasteiger partial charge in [-0.15, -0.1) is 11.6 Å². The molecule has 2 aromatic rings. The number of hydrogen-bond acceptors (Lipinski definition) is 0. The lowest BCUT2D eigenvalue weighted by Gasteiger charge is -2.24. The largest absolute Gasteiger partial charge is 0.116 e. The van der Waals surface area contributed by atoms with Crippen LogP contribution in [-0.4, -0.2) is 4.32 Å². The Morgan fingerprint density at radius 3 is 1.89 bits per heavy atom. The third kappa shape index (κ3) is 2.02. The van der Waals surface area contributed by atoms with Crippen LogP contribution in [0.2, 0.25) is 0 Å². The molecule has 2 heteroatoms. The summed E-state index contributed by atoms with van der Waals surface area (Å²) < 4.78 is -0.306. The average Bonchev–Trinajstić information content (AvgIpc) is 2.76. The second-order valence-corrected chi connectivity index (χ2v) is 6.33. The van der Waals surface area contributed by atoms with Crippen molar-refractivity contribution in [2.75, 3.05) is 0 Å². The Balaban J connectivity index is 2.06. The standard InChI is InChI=1S/C16H12BrCl/c17-16(15(18)12-6-2-1-3-7-12)10-13-8-4-5-9-14(13)11-16/h1-11,15H/t15-/m1/s1. The summed E-state index contributed by atoms with van der Waals surface area (Å²) in [6, 6.07) is 18.5. The van der Waals surface area contributed by atoms with Gasteiger partial charge in [0.2, 0.25) is 0 Å². The van der Waals surface area contributed by atoms with Crippen LogP contribution in [-0.2, 0) is 0 Å². The monoisotopic (exact) mass is 318 g/mol. The van der Waals surface area contributed by atoms with Crippen molar-refractivity contribution in [1.29, 1.82) is 0 Å². The summed E-state index contributed by atoms with van der Waals surface area (Å²) in [5.74, 6) is 0. The maximum atomic E-state index is 6.63. The number of halogens is 2. The quantitative estimate of drug-likeness (QED) is 0.745. The van der Waals surface area contributed by atoms with E-state index < -0.39 is 0 Å². The molecule has 90 valence electrons. The van der Waals surface area contributed by atoms with Gasteiger partial charge in [-0.2, -0.15) is 0 Å². The number of hydrogen-bond donors (Lipinski definition) is 0. The molecule has 0 bridgehead atoms. The average molecular weight is 320 g/mol. The summed E-state index contributed by atoms with van der Waals surface area (Å²) in [6.07, 6.45) is 4.38. The Hall–Kier alpha value is -1.05. The highest BCUT2D eigenvalue weighted by Crippen LogP contribution is 2.42. The highest BCUT2D eigenvalue weighted by atomic mass is 79.9. The number of rotatable bonds is 2. The molecular formula is C16H12BrCl. The maximum Gasteiger partial charge on any atom is 0.0838 e. The van der Waals surface area contributed by atoms with Crippen molar-refractivity contribution in [3.05, 3.63) is 70.6 Å². The topological polar surface area (TPSA) is 0 Å². The van der Waals surface area contributed by atoms with E-state index in [2.05, 4.69) is 52.3 Å².